The summed E-state index contributed by atoms with van der Waals surface area (Å²) in [5.74, 6) is 0.949. The fraction of sp³-hybridized carbons (Fsp3) is 0.222. The van der Waals surface area contributed by atoms with Crippen molar-refractivity contribution in [2.45, 2.75) is 0 Å². The molecule has 0 amide bonds. The maximum absolute atomic E-state index is 6.04. The summed E-state index contributed by atoms with van der Waals surface area (Å²) < 4.78 is 6.04. The summed E-state index contributed by atoms with van der Waals surface area (Å²) in [4.78, 5) is 2.43. The lowest BCUT2D eigenvalue weighted by Gasteiger charge is -2.30. The second kappa shape index (κ2) is 5.26. The van der Waals surface area contributed by atoms with Crippen LogP contribution in [0.25, 0.3) is 22.3 Å². The Labute approximate surface area is 124 Å². The molecule has 0 aliphatic carbocycles. The molecule has 106 valence electrons. The van der Waals surface area contributed by atoms with E-state index in [0.29, 0.717) is 0 Å². The number of anilines is 1. The Morgan fingerprint density at radius 1 is 0.905 bits per heavy atom. The van der Waals surface area contributed by atoms with Crippen LogP contribution in [0.4, 0.5) is 5.69 Å². The van der Waals surface area contributed by atoms with Crippen molar-refractivity contribution in [3.8, 4) is 11.3 Å². The number of hydrogen-bond donors (Lipinski definition) is 1. The topological polar surface area (TPSA) is 28.4 Å². The monoisotopic (exact) mass is 278 g/mol. The normalized spacial score (nSPS) is 15.5. The van der Waals surface area contributed by atoms with E-state index in [-0.39, 0.29) is 0 Å². The fourth-order valence-corrected chi connectivity index (χ4v) is 2.98. The van der Waals surface area contributed by atoms with Crippen LogP contribution < -0.4 is 10.2 Å². The first kappa shape index (κ1) is 12.5. The summed E-state index contributed by atoms with van der Waals surface area (Å²) in [7, 11) is 0. The molecule has 1 fully saturated rings. The van der Waals surface area contributed by atoms with Gasteiger partial charge < -0.3 is 14.6 Å². The summed E-state index contributed by atoms with van der Waals surface area (Å²) in [5, 5.41) is 4.56. The van der Waals surface area contributed by atoms with Crippen LogP contribution in [-0.2, 0) is 0 Å². The van der Waals surface area contributed by atoms with Crippen molar-refractivity contribution in [2.24, 2.45) is 0 Å². The van der Waals surface area contributed by atoms with E-state index in [4.69, 9.17) is 4.42 Å². The van der Waals surface area contributed by atoms with Crippen molar-refractivity contribution in [3.05, 3.63) is 54.6 Å². The molecule has 0 unspecified atom stereocenters. The van der Waals surface area contributed by atoms with E-state index in [1.54, 1.807) is 0 Å². The predicted octanol–water partition coefficient (Wildman–Crippen LogP) is 3.51. The summed E-state index contributed by atoms with van der Waals surface area (Å²) in [6, 6.07) is 18.8. The van der Waals surface area contributed by atoms with Crippen LogP contribution >= 0.6 is 0 Å². The number of nitrogens with zero attached hydrogens (tertiary/aromatic N) is 1. The van der Waals surface area contributed by atoms with Gasteiger partial charge in [-0.2, -0.15) is 0 Å². The maximum atomic E-state index is 6.04. The van der Waals surface area contributed by atoms with Gasteiger partial charge in [0.1, 0.15) is 11.3 Å². The van der Waals surface area contributed by atoms with Crippen LogP contribution in [0.3, 0.4) is 0 Å². The number of furan rings is 1. The number of fused-ring (bicyclic) bond motifs is 1. The van der Waals surface area contributed by atoms with E-state index in [2.05, 4.69) is 46.6 Å². The maximum Gasteiger partial charge on any atom is 0.137 e. The van der Waals surface area contributed by atoms with Gasteiger partial charge in [-0.3, -0.25) is 0 Å². The van der Waals surface area contributed by atoms with Gasteiger partial charge in [0.15, 0.2) is 0 Å². The molecule has 1 aliphatic heterocycles. The summed E-state index contributed by atoms with van der Waals surface area (Å²) >= 11 is 0. The number of nitrogens with one attached hydrogen (secondary N) is 1. The van der Waals surface area contributed by atoms with Gasteiger partial charge in [0.2, 0.25) is 0 Å². The van der Waals surface area contributed by atoms with E-state index >= 15 is 0 Å². The third kappa shape index (κ3) is 2.30. The highest BCUT2D eigenvalue weighted by Crippen LogP contribution is 2.34. The molecule has 2 aromatic carbocycles. The molecule has 3 aromatic rings. The van der Waals surface area contributed by atoms with E-state index in [1.807, 2.05) is 18.2 Å². The first-order chi connectivity index (χ1) is 10.4. The summed E-state index contributed by atoms with van der Waals surface area (Å²) in [6.45, 7) is 4.15. The molecule has 4 rings (SSSR count). The lowest BCUT2D eigenvalue weighted by Crippen LogP contribution is -2.43. The zero-order valence-electron chi connectivity index (χ0n) is 11.9. The highest BCUT2D eigenvalue weighted by Gasteiger charge is 2.16. The molecule has 0 atom stereocenters. The predicted molar refractivity (Wildman–Crippen MR) is 86.7 cm³/mol. The Morgan fingerprint density at radius 2 is 1.67 bits per heavy atom. The first-order valence-corrected chi connectivity index (χ1v) is 7.45. The number of piperazine rings is 1. The highest BCUT2D eigenvalue weighted by molar-refractivity contribution is 5.86. The van der Waals surface area contributed by atoms with Gasteiger partial charge in [0, 0.05) is 42.8 Å². The average Bonchev–Trinajstić information content (AvgIpc) is 2.99. The van der Waals surface area contributed by atoms with E-state index in [0.717, 1.165) is 42.9 Å². The first-order valence-electron chi connectivity index (χ1n) is 7.45. The minimum atomic E-state index is 0.947. The molecule has 0 saturated carbocycles. The van der Waals surface area contributed by atoms with Crippen LogP contribution in [0.15, 0.2) is 59.0 Å². The number of benzene rings is 2. The SMILES string of the molecule is c1ccc(N2CCNCC2)c(-c2cc3ccccc3o2)c1. The Bertz CT molecular complexity index is 724. The Hall–Kier alpha value is -2.26. The number of rotatable bonds is 2. The minimum absolute atomic E-state index is 0.947. The van der Waals surface area contributed by atoms with Gasteiger partial charge in [-0.1, -0.05) is 30.3 Å². The van der Waals surface area contributed by atoms with Crippen molar-refractivity contribution < 1.29 is 4.42 Å². The van der Waals surface area contributed by atoms with Gasteiger partial charge in [-0.25, -0.2) is 0 Å². The van der Waals surface area contributed by atoms with Crippen LogP contribution in [0.1, 0.15) is 0 Å². The van der Waals surface area contributed by atoms with E-state index < -0.39 is 0 Å². The second-order valence-corrected chi connectivity index (χ2v) is 5.40. The van der Waals surface area contributed by atoms with Crippen LogP contribution in [0, 0.1) is 0 Å². The second-order valence-electron chi connectivity index (χ2n) is 5.40. The molecule has 1 saturated heterocycles. The largest absolute Gasteiger partial charge is 0.456 e. The van der Waals surface area contributed by atoms with Crippen molar-refractivity contribution in [1.29, 1.82) is 0 Å². The molecular formula is C18H18N2O. The molecule has 0 bridgehead atoms. The van der Waals surface area contributed by atoms with Crippen molar-refractivity contribution in [3.63, 3.8) is 0 Å². The quantitative estimate of drug-likeness (QED) is 0.777. The van der Waals surface area contributed by atoms with Crippen molar-refractivity contribution in [1.82, 2.24) is 5.32 Å². The summed E-state index contributed by atoms with van der Waals surface area (Å²) in [6.07, 6.45) is 0. The fourth-order valence-electron chi connectivity index (χ4n) is 2.98. The standard InChI is InChI=1S/C18H18N2O/c1-4-8-17-14(5-1)13-18(21-17)15-6-2-3-7-16(15)20-11-9-19-10-12-20/h1-8,13,19H,9-12H2. The number of hydrogen-bond acceptors (Lipinski definition) is 3. The molecule has 3 nitrogen and oxygen atoms in total. The van der Waals surface area contributed by atoms with Crippen LogP contribution in [0.2, 0.25) is 0 Å². The Kier molecular flexibility index (Phi) is 3.13. The lowest BCUT2D eigenvalue weighted by molar-refractivity contribution is 0.587. The van der Waals surface area contributed by atoms with Crippen LogP contribution in [-0.4, -0.2) is 26.2 Å². The molecule has 0 spiro atoms. The summed E-state index contributed by atoms with van der Waals surface area (Å²) in [5.41, 5.74) is 3.39. The van der Waals surface area contributed by atoms with E-state index in [9.17, 15) is 0 Å². The number of para-hydroxylation sites is 2. The molecule has 1 N–H and O–H groups in total. The van der Waals surface area contributed by atoms with Gasteiger partial charge in [0.25, 0.3) is 0 Å². The molecule has 1 aromatic heterocycles. The van der Waals surface area contributed by atoms with Crippen molar-refractivity contribution in [2.75, 3.05) is 31.1 Å². The Morgan fingerprint density at radius 3 is 2.52 bits per heavy atom. The van der Waals surface area contributed by atoms with Gasteiger partial charge in [0.05, 0.1) is 0 Å². The molecule has 2 heterocycles. The minimum Gasteiger partial charge on any atom is -0.456 e. The molecule has 0 radical (unpaired) electrons. The Balaban J connectivity index is 1.80. The lowest BCUT2D eigenvalue weighted by atomic mass is 10.1. The van der Waals surface area contributed by atoms with E-state index in [1.165, 1.54) is 11.3 Å². The molecule has 3 heteroatoms. The van der Waals surface area contributed by atoms with Crippen LogP contribution in [0.5, 0.6) is 0 Å². The third-order valence-electron chi connectivity index (χ3n) is 4.05. The van der Waals surface area contributed by atoms with Gasteiger partial charge in [-0.15, -0.1) is 0 Å². The molecular weight excluding hydrogens is 260 g/mol. The average molecular weight is 278 g/mol. The molecule has 1 aliphatic rings. The molecule has 21 heavy (non-hydrogen) atoms. The highest BCUT2D eigenvalue weighted by atomic mass is 16.3. The zero-order valence-corrected chi connectivity index (χ0v) is 11.9. The third-order valence-corrected chi connectivity index (χ3v) is 4.05. The zero-order chi connectivity index (χ0) is 14.1. The smallest absolute Gasteiger partial charge is 0.137 e. The van der Waals surface area contributed by atoms with Gasteiger partial charge >= 0.3 is 0 Å². The van der Waals surface area contributed by atoms with Crippen molar-refractivity contribution >= 4 is 16.7 Å². The van der Waals surface area contributed by atoms with Gasteiger partial charge in [-0.05, 0) is 24.3 Å².